The Morgan fingerprint density at radius 3 is 2.55 bits per heavy atom. The molecule has 20 heavy (non-hydrogen) atoms. The van der Waals surface area contributed by atoms with Crippen molar-refractivity contribution in [3.8, 4) is 5.75 Å². The Labute approximate surface area is 119 Å². The number of halogens is 1. The van der Waals surface area contributed by atoms with Gasteiger partial charge in [-0.15, -0.1) is 0 Å². The second-order valence-electron chi connectivity index (χ2n) is 5.31. The minimum atomic E-state index is -1.04. The summed E-state index contributed by atoms with van der Waals surface area (Å²) in [5.74, 6) is -0.152. The average Bonchev–Trinajstić information content (AvgIpc) is 2.36. The van der Waals surface area contributed by atoms with E-state index >= 15 is 0 Å². The van der Waals surface area contributed by atoms with Crippen molar-refractivity contribution in [2.75, 3.05) is 6.54 Å². The number of ether oxygens (including phenoxy) is 1. The van der Waals surface area contributed by atoms with Crippen molar-refractivity contribution in [1.82, 2.24) is 5.32 Å². The van der Waals surface area contributed by atoms with Crippen molar-refractivity contribution in [3.05, 3.63) is 30.1 Å². The van der Waals surface area contributed by atoms with Gasteiger partial charge in [0, 0.05) is 6.54 Å². The summed E-state index contributed by atoms with van der Waals surface area (Å²) in [7, 11) is 0. The number of hydrogen-bond donors (Lipinski definition) is 2. The van der Waals surface area contributed by atoms with E-state index in [1.807, 2.05) is 0 Å². The van der Waals surface area contributed by atoms with Crippen molar-refractivity contribution in [2.24, 2.45) is 0 Å². The van der Waals surface area contributed by atoms with Gasteiger partial charge < -0.3 is 15.2 Å². The quantitative estimate of drug-likeness (QED) is 0.755. The normalized spacial score (nSPS) is 12.8. The zero-order valence-electron chi connectivity index (χ0n) is 12.1. The van der Waals surface area contributed by atoms with Crippen LogP contribution in [0.25, 0.3) is 0 Å². The molecule has 0 saturated carbocycles. The summed E-state index contributed by atoms with van der Waals surface area (Å²) < 4.78 is 18.4. The topological polar surface area (TPSA) is 58.6 Å². The van der Waals surface area contributed by atoms with Gasteiger partial charge in [0.15, 0.2) is 5.60 Å². The van der Waals surface area contributed by atoms with Crippen molar-refractivity contribution in [3.63, 3.8) is 0 Å². The zero-order valence-corrected chi connectivity index (χ0v) is 12.1. The average molecular weight is 283 g/mol. The molecule has 1 rings (SSSR count). The first-order valence-electron chi connectivity index (χ1n) is 6.72. The van der Waals surface area contributed by atoms with Gasteiger partial charge in [0.25, 0.3) is 5.91 Å². The van der Waals surface area contributed by atoms with Crippen LogP contribution >= 0.6 is 0 Å². The summed E-state index contributed by atoms with van der Waals surface area (Å²) in [6, 6.07) is 5.54. The summed E-state index contributed by atoms with van der Waals surface area (Å²) in [6.45, 7) is 5.50. The fraction of sp³-hybridized carbons (Fsp3) is 0.533. The van der Waals surface area contributed by atoms with Crippen LogP contribution in [0.3, 0.4) is 0 Å². The van der Waals surface area contributed by atoms with Gasteiger partial charge in [-0.2, -0.15) is 0 Å². The Balaban J connectivity index is 2.46. The number of amides is 1. The molecule has 5 heteroatoms. The van der Waals surface area contributed by atoms with E-state index in [1.165, 1.54) is 24.3 Å². The predicted octanol–water partition coefficient (Wildman–Crippen LogP) is 2.26. The third kappa shape index (κ3) is 5.57. The van der Waals surface area contributed by atoms with Crippen LogP contribution in [0.5, 0.6) is 5.75 Å². The van der Waals surface area contributed by atoms with Gasteiger partial charge in [-0.3, -0.25) is 4.79 Å². The fourth-order valence-electron chi connectivity index (χ4n) is 1.66. The first kappa shape index (κ1) is 16.4. The molecule has 0 fully saturated rings. The van der Waals surface area contributed by atoms with Gasteiger partial charge in [-0.25, -0.2) is 4.39 Å². The van der Waals surface area contributed by atoms with E-state index in [9.17, 15) is 9.18 Å². The molecular formula is C15H22FNO3. The number of aliphatic hydroxyl groups excluding tert-OH is 1. The highest BCUT2D eigenvalue weighted by atomic mass is 19.1. The Hall–Kier alpha value is -1.62. The van der Waals surface area contributed by atoms with Crippen LogP contribution in [0.15, 0.2) is 24.3 Å². The minimum Gasteiger partial charge on any atom is -0.478 e. The van der Waals surface area contributed by atoms with Crippen LogP contribution in [-0.2, 0) is 4.79 Å². The van der Waals surface area contributed by atoms with E-state index in [-0.39, 0.29) is 17.8 Å². The van der Waals surface area contributed by atoms with Gasteiger partial charge in [-0.1, -0.05) is 0 Å². The van der Waals surface area contributed by atoms with E-state index in [4.69, 9.17) is 9.84 Å². The summed E-state index contributed by atoms with van der Waals surface area (Å²) in [5.41, 5.74) is -1.04. The van der Waals surface area contributed by atoms with Crippen LogP contribution in [0.1, 0.15) is 33.6 Å². The first-order valence-corrected chi connectivity index (χ1v) is 6.72. The molecular weight excluding hydrogens is 261 g/mol. The monoisotopic (exact) mass is 283 g/mol. The lowest BCUT2D eigenvalue weighted by Gasteiger charge is -2.25. The fourth-order valence-corrected chi connectivity index (χ4v) is 1.66. The molecule has 0 bridgehead atoms. The molecule has 0 aliphatic rings. The van der Waals surface area contributed by atoms with Gasteiger partial charge in [0.05, 0.1) is 6.10 Å². The highest BCUT2D eigenvalue weighted by Gasteiger charge is 2.29. The molecule has 1 aromatic carbocycles. The Morgan fingerprint density at radius 1 is 1.40 bits per heavy atom. The van der Waals surface area contributed by atoms with Gasteiger partial charge >= 0.3 is 0 Å². The predicted molar refractivity (Wildman–Crippen MR) is 75.0 cm³/mol. The molecule has 0 saturated heterocycles. The Morgan fingerprint density at radius 2 is 2.00 bits per heavy atom. The van der Waals surface area contributed by atoms with Crippen LogP contribution < -0.4 is 10.1 Å². The van der Waals surface area contributed by atoms with Crippen molar-refractivity contribution in [1.29, 1.82) is 0 Å². The molecule has 1 atom stereocenters. The maximum Gasteiger partial charge on any atom is 0.263 e. The maximum atomic E-state index is 12.8. The lowest BCUT2D eigenvalue weighted by atomic mass is 10.1. The molecule has 0 aromatic heterocycles. The third-order valence-corrected chi connectivity index (χ3v) is 2.82. The lowest BCUT2D eigenvalue weighted by molar-refractivity contribution is -0.134. The summed E-state index contributed by atoms with van der Waals surface area (Å²) in [4.78, 5) is 12.0. The molecule has 1 unspecified atom stereocenters. The van der Waals surface area contributed by atoms with Gasteiger partial charge in [-0.05, 0) is 57.9 Å². The number of nitrogens with one attached hydrogen (secondary N) is 1. The zero-order chi connectivity index (χ0) is 15.2. The van der Waals surface area contributed by atoms with E-state index in [0.717, 1.165) is 0 Å². The summed E-state index contributed by atoms with van der Waals surface area (Å²) in [5, 5.41) is 11.9. The van der Waals surface area contributed by atoms with Crippen molar-refractivity contribution in [2.45, 2.75) is 45.3 Å². The molecule has 0 aliphatic carbocycles. The minimum absolute atomic E-state index is 0.243. The largest absolute Gasteiger partial charge is 0.478 e. The molecule has 4 nitrogen and oxygen atoms in total. The Bertz CT molecular complexity index is 429. The summed E-state index contributed by atoms with van der Waals surface area (Å²) >= 11 is 0. The molecule has 2 N–H and O–H groups in total. The standard InChI is InChI=1S/C15H22FNO3/c1-11(18)5-4-10-17-14(19)15(2,3)20-13-8-6-12(16)7-9-13/h6-9,11,18H,4-5,10H2,1-3H3,(H,17,19). The number of carbonyl (C=O) groups excluding carboxylic acids is 1. The van der Waals surface area contributed by atoms with Crippen molar-refractivity contribution < 1.29 is 19.0 Å². The Kier molecular flexibility index (Phi) is 5.95. The molecule has 0 aliphatic heterocycles. The molecule has 0 heterocycles. The summed E-state index contributed by atoms with van der Waals surface area (Å²) in [6.07, 6.45) is 0.977. The number of hydrogen-bond acceptors (Lipinski definition) is 3. The second-order valence-corrected chi connectivity index (χ2v) is 5.31. The SMILES string of the molecule is CC(O)CCCNC(=O)C(C)(C)Oc1ccc(F)cc1. The van der Waals surface area contributed by atoms with Crippen molar-refractivity contribution >= 4 is 5.91 Å². The first-order chi connectivity index (χ1) is 9.31. The smallest absolute Gasteiger partial charge is 0.263 e. The van der Waals surface area contributed by atoms with Crippen LogP contribution in [0, 0.1) is 5.82 Å². The number of benzene rings is 1. The number of carbonyl (C=O) groups is 1. The van der Waals surface area contributed by atoms with Crippen LogP contribution in [-0.4, -0.2) is 29.3 Å². The highest BCUT2D eigenvalue weighted by molar-refractivity contribution is 5.84. The molecule has 0 spiro atoms. The molecule has 1 aromatic rings. The van der Waals surface area contributed by atoms with E-state index < -0.39 is 5.60 Å². The maximum absolute atomic E-state index is 12.8. The van der Waals surface area contributed by atoms with E-state index in [0.29, 0.717) is 25.1 Å². The number of aliphatic hydroxyl groups is 1. The molecule has 112 valence electrons. The second kappa shape index (κ2) is 7.24. The van der Waals surface area contributed by atoms with Crippen LogP contribution in [0.2, 0.25) is 0 Å². The highest BCUT2D eigenvalue weighted by Crippen LogP contribution is 2.18. The van der Waals surface area contributed by atoms with Crippen LogP contribution in [0.4, 0.5) is 4.39 Å². The number of rotatable bonds is 7. The molecule has 1 amide bonds. The van der Waals surface area contributed by atoms with Gasteiger partial charge in [0.1, 0.15) is 11.6 Å². The van der Waals surface area contributed by atoms with E-state index in [1.54, 1.807) is 20.8 Å². The molecule has 0 radical (unpaired) electrons. The van der Waals surface area contributed by atoms with Gasteiger partial charge in [0.2, 0.25) is 0 Å². The van der Waals surface area contributed by atoms with E-state index in [2.05, 4.69) is 5.32 Å². The lowest BCUT2D eigenvalue weighted by Crippen LogP contribution is -2.46. The third-order valence-electron chi connectivity index (χ3n) is 2.82.